The quantitative estimate of drug-likeness (QED) is 0.532. The summed E-state index contributed by atoms with van der Waals surface area (Å²) in [6.07, 6.45) is 2.26. The second-order valence-electron chi connectivity index (χ2n) is 2.49. The summed E-state index contributed by atoms with van der Waals surface area (Å²) < 4.78 is 0. The molecule has 0 unspecified atom stereocenters. The number of nitrogens with one attached hydrogen (secondary N) is 1. The van der Waals surface area contributed by atoms with Crippen molar-refractivity contribution in [2.24, 2.45) is 0 Å². The van der Waals surface area contributed by atoms with Crippen molar-refractivity contribution in [3.05, 3.63) is 0 Å². The molecule has 0 aromatic rings. The monoisotopic (exact) mass is 143 g/mol. The molecule has 1 radical (unpaired) electrons. The molecule has 4 nitrogen and oxygen atoms in total. The predicted molar refractivity (Wildman–Crippen MR) is 34.5 cm³/mol. The van der Waals surface area contributed by atoms with Gasteiger partial charge in [-0.3, -0.25) is 4.79 Å². The zero-order valence-corrected chi connectivity index (χ0v) is 5.75. The van der Waals surface area contributed by atoms with Crippen LogP contribution in [-0.2, 0) is 10.0 Å². The molecule has 1 saturated heterocycles. The molecular weight excluding hydrogens is 132 g/mol. The van der Waals surface area contributed by atoms with E-state index in [-0.39, 0.29) is 6.04 Å². The number of amides is 1. The van der Waals surface area contributed by atoms with Crippen LogP contribution in [0.1, 0.15) is 12.8 Å². The molecule has 0 atom stereocenters. The molecule has 0 aromatic heterocycles. The third-order valence-electron chi connectivity index (χ3n) is 1.76. The minimum absolute atomic E-state index is 0.225. The lowest BCUT2D eigenvalue weighted by atomic mass is 10.1. The summed E-state index contributed by atoms with van der Waals surface area (Å²) in [4.78, 5) is 9.95. The highest BCUT2D eigenvalue weighted by atomic mass is 16.5. The van der Waals surface area contributed by atoms with Crippen molar-refractivity contribution in [1.82, 2.24) is 10.4 Å². The van der Waals surface area contributed by atoms with Crippen molar-refractivity contribution in [3.63, 3.8) is 0 Å². The van der Waals surface area contributed by atoms with Crippen LogP contribution in [0.4, 0.5) is 0 Å². The molecule has 1 N–H and O–H groups in total. The smallest absolute Gasteiger partial charge is 0.207 e. The largest absolute Gasteiger partial charge is 0.356 e. The lowest BCUT2D eigenvalue weighted by molar-refractivity contribution is -0.169. The van der Waals surface area contributed by atoms with Crippen molar-refractivity contribution >= 4 is 6.41 Å². The molecule has 1 rings (SSSR count). The second-order valence-corrected chi connectivity index (χ2v) is 2.49. The molecule has 0 spiro atoms. The van der Waals surface area contributed by atoms with E-state index < -0.39 is 0 Å². The molecule has 1 aliphatic rings. The molecule has 1 amide bonds. The van der Waals surface area contributed by atoms with Crippen LogP contribution in [0.5, 0.6) is 0 Å². The van der Waals surface area contributed by atoms with Crippen LogP contribution in [0.3, 0.4) is 0 Å². The van der Waals surface area contributed by atoms with Gasteiger partial charge < -0.3 is 5.32 Å². The molecule has 0 saturated carbocycles. The summed E-state index contributed by atoms with van der Waals surface area (Å²) in [5, 5.41) is 14.3. The fourth-order valence-electron chi connectivity index (χ4n) is 1.12. The molecule has 0 bridgehead atoms. The average molecular weight is 143 g/mol. The molecular formula is C6H11N2O2. The van der Waals surface area contributed by atoms with Gasteiger partial charge in [-0.05, 0) is 12.8 Å². The Morgan fingerprint density at radius 3 is 2.50 bits per heavy atom. The molecule has 1 heterocycles. The average Bonchev–Trinajstić information content (AvgIpc) is 1.95. The minimum atomic E-state index is 0.225. The zero-order valence-electron chi connectivity index (χ0n) is 5.75. The van der Waals surface area contributed by atoms with Crippen molar-refractivity contribution < 1.29 is 10.0 Å². The summed E-state index contributed by atoms with van der Waals surface area (Å²) in [7, 11) is 0. The number of hydrogen-bond donors (Lipinski definition) is 1. The van der Waals surface area contributed by atoms with E-state index in [1.165, 1.54) is 0 Å². The lowest BCUT2D eigenvalue weighted by Crippen LogP contribution is -2.39. The van der Waals surface area contributed by atoms with Crippen molar-refractivity contribution in [2.45, 2.75) is 18.9 Å². The normalized spacial score (nSPS) is 22.5. The number of hydrogen-bond acceptors (Lipinski definition) is 2. The summed E-state index contributed by atoms with van der Waals surface area (Å²) >= 11 is 0. The molecule has 4 heteroatoms. The summed E-state index contributed by atoms with van der Waals surface area (Å²) in [6.45, 7) is 1.09. The third kappa shape index (κ3) is 1.97. The van der Waals surface area contributed by atoms with E-state index in [4.69, 9.17) is 0 Å². The summed E-state index contributed by atoms with van der Waals surface area (Å²) in [5.74, 6) is 0. The van der Waals surface area contributed by atoms with Gasteiger partial charge in [-0.15, -0.1) is 5.21 Å². The van der Waals surface area contributed by atoms with Gasteiger partial charge in [-0.25, -0.2) is 0 Å². The molecule has 57 valence electrons. The molecule has 0 aromatic carbocycles. The van der Waals surface area contributed by atoms with Crippen molar-refractivity contribution in [3.8, 4) is 0 Å². The maximum Gasteiger partial charge on any atom is 0.207 e. The van der Waals surface area contributed by atoms with E-state index in [0.717, 1.165) is 17.9 Å². The number of carbonyl (C=O) groups excluding carboxylic acids is 1. The highest BCUT2D eigenvalue weighted by Gasteiger charge is 2.17. The first-order valence-corrected chi connectivity index (χ1v) is 3.44. The standard InChI is InChI=1S/C6H11N2O2/c9-5-7-6-1-3-8(10)4-2-6/h5-6H,1-4H2,(H,7,9). The maximum atomic E-state index is 10.6. The first-order valence-electron chi connectivity index (χ1n) is 3.44. The third-order valence-corrected chi connectivity index (χ3v) is 1.76. The van der Waals surface area contributed by atoms with E-state index in [2.05, 4.69) is 5.32 Å². The fourth-order valence-corrected chi connectivity index (χ4v) is 1.12. The number of hydroxylamine groups is 2. The van der Waals surface area contributed by atoms with Gasteiger partial charge in [0, 0.05) is 19.1 Å². The maximum absolute atomic E-state index is 10.6. The first kappa shape index (κ1) is 7.50. The second kappa shape index (κ2) is 3.53. The Labute approximate surface area is 59.8 Å². The van der Waals surface area contributed by atoms with Gasteiger partial charge >= 0.3 is 0 Å². The fraction of sp³-hybridized carbons (Fsp3) is 0.833. The van der Waals surface area contributed by atoms with Gasteiger partial charge in [0.2, 0.25) is 6.41 Å². The Morgan fingerprint density at radius 1 is 1.40 bits per heavy atom. The highest BCUT2D eigenvalue weighted by molar-refractivity contribution is 5.46. The molecule has 1 aliphatic heterocycles. The first-order chi connectivity index (χ1) is 4.83. The molecule has 1 fully saturated rings. The van der Waals surface area contributed by atoms with Crippen molar-refractivity contribution in [1.29, 1.82) is 0 Å². The number of piperidine rings is 1. The molecule has 0 aliphatic carbocycles. The van der Waals surface area contributed by atoms with E-state index >= 15 is 0 Å². The Kier molecular flexibility index (Phi) is 2.65. The van der Waals surface area contributed by atoms with Gasteiger partial charge in [0.1, 0.15) is 0 Å². The van der Waals surface area contributed by atoms with Crippen LogP contribution in [-0.4, -0.2) is 30.6 Å². The SMILES string of the molecule is [O]N1CCC(NC=O)CC1. The van der Waals surface area contributed by atoms with E-state index in [1.54, 1.807) is 0 Å². The van der Waals surface area contributed by atoms with Crippen molar-refractivity contribution in [2.75, 3.05) is 13.1 Å². The minimum Gasteiger partial charge on any atom is -0.356 e. The topological polar surface area (TPSA) is 52.2 Å². The molecule has 10 heavy (non-hydrogen) atoms. The number of rotatable bonds is 2. The van der Waals surface area contributed by atoms with Gasteiger partial charge in [0.25, 0.3) is 0 Å². The predicted octanol–water partition coefficient (Wildman–Crippen LogP) is -0.458. The van der Waals surface area contributed by atoms with Crippen LogP contribution in [0.2, 0.25) is 0 Å². The van der Waals surface area contributed by atoms with Crippen LogP contribution >= 0.6 is 0 Å². The Hall–Kier alpha value is -0.610. The van der Waals surface area contributed by atoms with Gasteiger partial charge in [0.15, 0.2) is 0 Å². The van der Waals surface area contributed by atoms with Crippen LogP contribution < -0.4 is 5.32 Å². The highest BCUT2D eigenvalue weighted by Crippen LogP contribution is 2.06. The van der Waals surface area contributed by atoms with Crippen LogP contribution in [0, 0.1) is 0 Å². The summed E-state index contributed by atoms with van der Waals surface area (Å²) in [6, 6.07) is 0.225. The van der Waals surface area contributed by atoms with E-state index in [0.29, 0.717) is 19.5 Å². The Balaban J connectivity index is 2.19. The number of carbonyl (C=O) groups is 1. The number of nitrogens with zero attached hydrogens (tertiary/aromatic N) is 1. The van der Waals surface area contributed by atoms with Gasteiger partial charge in [-0.2, -0.15) is 5.06 Å². The zero-order chi connectivity index (χ0) is 7.40. The van der Waals surface area contributed by atoms with Crippen LogP contribution in [0.15, 0.2) is 0 Å². The Bertz CT molecular complexity index is 110. The van der Waals surface area contributed by atoms with Crippen LogP contribution in [0.25, 0.3) is 0 Å². The lowest BCUT2D eigenvalue weighted by Gasteiger charge is -2.24. The van der Waals surface area contributed by atoms with E-state index in [9.17, 15) is 10.0 Å². The van der Waals surface area contributed by atoms with Gasteiger partial charge in [0.05, 0.1) is 0 Å². The van der Waals surface area contributed by atoms with E-state index in [1.807, 2.05) is 0 Å². The summed E-state index contributed by atoms with van der Waals surface area (Å²) in [5.41, 5.74) is 0. The Morgan fingerprint density at radius 2 is 2.00 bits per heavy atom. The van der Waals surface area contributed by atoms with Gasteiger partial charge in [-0.1, -0.05) is 0 Å².